The third-order valence-corrected chi connectivity index (χ3v) is 4.34. The van der Waals surface area contributed by atoms with Gasteiger partial charge in [0.25, 0.3) is 0 Å². The largest absolute Gasteiger partial charge is 0.481 e. The van der Waals surface area contributed by atoms with Crippen LogP contribution in [0.5, 0.6) is 0 Å². The molecule has 0 bridgehead atoms. The molecule has 2 atom stereocenters. The van der Waals surface area contributed by atoms with E-state index in [1.165, 1.54) is 6.92 Å². The van der Waals surface area contributed by atoms with E-state index in [9.17, 15) is 22.8 Å². The molecule has 1 aliphatic rings. The van der Waals surface area contributed by atoms with Crippen LogP contribution in [0.4, 0.5) is 13.2 Å². The van der Waals surface area contributed by atoms with Crippen molar-refractivity contribution in [2.75, 3.05) is 0 Å². The maximum Gasteiger partial charge on any atom is 0.408 e. The molecular weight excluding hydrogens is 327 g/mol. The molecule has 6 nitrogen and oxygen atoms in total. The van der Waals surface area contributed by atoms with Crippen molar-refractivity contribution in [3.8, 4) is 0 Å². The van der Waals surface area contributed by atoms with Crippen LogP contribution in [0.25, 0.3) is 0 Å². The van der Waals surface area contributed by atoms with Crippen molar-refractivity contribution in [2.24, 2.45) is 5.92 Å². The Hall–Kier alpha value is -2.06. The van der Waals surface area contributed by atoms with Gasteiger partial charge in [-0.15, -0.1) is 0 Å². The van der Waals surface area contributed by atoms with Crippen molar-refractivity contribution in [2.45, 2.75) is 58.3 Å². The van der Waals surface area contributed by atoms with Gasteiger partial charge >= 0.3 is 12.1 Å². The molecule has 1 aliphatic carbocycles. The Morgan fingerprint density at radius 2 is 2.00 bits per heavy atom. The van der Waals surface area contributed by atoms with Gasteiger partial charge in [-0.1, -0.05) is 0 Å². The van der Waals surface area contributed by atoms with Gasteiger partial charge in [0, 0.05) is 17.3 Å². The quantitative estimate of drug-likeness (QED) is 0.853. The molecule has 1 amide bonds. The number of hydrogen-bond donors (Lipinski definition) is 2. The second-order valence-electron chi connectivity index (χ2n) is 6.21. The summed E-state index contributed by atoms with van der Waals surface area (Å²) in [5.74, 6) is -1.65. The van der Waals surface area contributed by atoms with Crippen molar-refractivity contribution >= 4 is 11.9 Å². The lowest BCUT2D eigenvalue weighted by Crippen LogP contribution is -2.34. The molecular formula is C15H20F3N3O3. The van der Waals surface area contributed by atoms with Gasteiger partial charge in [-0.25, -0.2) is 0 Å². The summed E-state index contributed by atoms with van der Waals surface area (Å²) in [6, 6.07) is -0.204. The Morgan fingerprint density at radius 3 is 2.54 bits per heavy atom. The highest BCUT2D eigenvalue weighted by Crippen LogP contribution is 2.26. The number of carbonyl (C=O) groups excluding carboxylic acids is 1. The summed E-state index contributed by atoms with van der Waals surface area (Å²) < 4.78 is 38.4. The minimum Gasteiger partial charge on any atom is -0.481 e. The van der Waals surface area contributed by atoms with Crippen molar-refractivity contribution in [3.05, 3.63) is 17.0 Å². The van der Waals surface area contributed by atoms with Crippen LogP contribution in [0.3, 0.4) is 0 Å². The highest BCUT2D eigenvalue weighted by molar-refractivity contribution is 5.79. The number of rotatable bonds is 5. The minimum absolute atomic E-state index is 0.0657. The Bertz CT molecular complexity index is 640. The molecule has 2 N–H and O–H groups in total. The normalized spacial score (nSPS) is 21.0. The Balaban J connectivity index is 1.98. The van der Waals surface area contributed by atoms with Crippen molar-refractivity contribution in [1.29, 1.82) is 0 Å². The number of carboxylic acids is 1. The fraction of sp³-hybridized carbons (Fsp3) is 0.667. The van der Waals surface area contributed by atoms with Crippen LogP contribution < -0.4 is 5.32 Å². The standard InChI is InChI=1S/C15H20F3N3O3/c1-8-12(9(2)21(20-8)7-15(16,17)18)6-13(22)19-11-4-3-10(5-11)14(23)24/h10-11H,3-7H2,1-2H3,(H,19,22)(H,23,24)/t10-,11+/m0/s1. The van der Waals surface area contributed by atoms with E-state index < -0.39 is 24.6 Å². The first-order chi connectivity index (χ1) is 11.1. The maximum absolute atomic E-state index is 12.5. The molecule has 1 saturated carbocycles. The van der Waals surface area contributed by atoms with Crippen LogP contribution in [-0.4, -0.2) is 39.0 Å². The molecule has 0 aliphatic heterocycles. The first kappa shape index (κ1) is 18.3. The second kappa shape index (κ2) is 6.82. The summed E-state index contributed by atoms with van der Waals surface area (Å²) in [5, 5.41) is 15.6. The molecule has 24 heavy (non-hydrogen) atoms. The first-order valence-corrected chi connectivity index (χ1v) is 7.68. The zero-order valence-electron chi connectivity index (χ0n) is 13.5. The van der Waals surface area contributed by atoms with E-state index in [-0.39, 0.29) is 18.4 Å². The molecule has 0 saturated heterocycles. The molecule has 134 valence electrons. The number of amides is 1. The highest BCUT2D eigenvalue weighted by atomic mass is 19.4. The predicted octanol–water partition coefficient (Wildman–Crippen LogP) is 1.97. The Labute approximate surface area is 137 Å². The van der Waals surface area contributed by atoms with E-state index in [0.717, 1.165) is 4.68 Å². The molecule has 1 fully saturated rings. The number of aryl methyl sites for hydroxylation is 1. The number of carbonyl (C=O) groups is 2. The van der Waals surface area contributed by atoms with Gasteiger partial charge < -0.3 is 10.4 Å². The Kier molecular flexibility index (Phi) is 5.19. The maximum atomic E-state index is 12.5. The van der Waals surface area contributed by atoms with Crippen LogP contribution >= 0.6 is 0 Å². The van der Waals surface area contributed by atoms with Gasteiger partial charge in [-0.3, -0.25) is 14.3 Å². The van der Waals surface area contributed by atoms with E-state index in [4.69, 9.17) is 5.11 Å². The fourth-order valence-electron chi connectivity index (χ4n) is 3.09. The lowest BCUT2D eigenvalue weighted by atomic mass is 10.1. The number of alkyl halides is 3. The summed E-state index contributed by atoms with van der Waals surface area (Å²) in [5.41, 5.74) is 1.18. The smallest absolute Gasteiger partial charge is 0.408 e. The van der Waals surface area contributed by atoms with Gasteiger partial charge in [0.05, 0.1) is 18.0 Å². The fourth-order valence-corrected chi connectivity index (χ4v) is 3.09. The summed E-state index contributed by atoms with van der Waals surface area (Å²) in [6.07, 6.45) is -2.95. The molecule has 0 aromatic carbocycles. The molecule has 0 unspecified atom stereocenters. The third kappa shape index (κ3) is 4.48. The number of nitrogens with zero attached hydrogens (tertiary/aromatic N) is 2. The number of nitrogens with one attached hydrogen (secondary N) is 1. The first-order valence-electron chi connectivity index (χ1n) is 7.68. The molecule has 2 rings (SSSR count). The van der Waals surface area contributed by atoms with Gasteiger partial charge in [0.15, 0.2) is 0 Å². The average molecular weight is 347 g/mol. The predicted molar refractivity (Wildman–Crippen MR) is 78.4 cm³/mol. The summed E-state index contributed by atoms with van der Waals surface area (Å²) in [4.78, 5) is 23.0. The molecule has 1 heterocycles. The Morgan fingerprint density at radius 1 is 1.33 bits per heavy atom. The monoisotopic (exact) mass is 347 g/mol. The lowest BCUT2D eigenvalue weighted by molar-refractivity contribution is -0.143. The van der Waals surface area contributed by atoms with Gasteiger partial charge in [0.1, 0.15) is 6.54 Å². The topological polar surface area (TPSA) is 84.2 Å². The van der Waals surface area contributed by atoms with Crippen molar-refractivity contribution < 1.29 is 27.9 Å². The number of hydrogen-bond acceptors (Lipinski definition) is 3. The van der Waals surface area contributed by atoms with E-state index in [1.54, 1.807) is 6.92 Å². The molecule has 1 aromatic heterocycles. The zero-order chi connectivity index (χ0) is 18.1. The number of aliphatic carboxylic acids is 1. The number of aromatic nitrogens is 2. The summed E-state index contributed by atoms with van der Waals surface area (Å²) in [7, 11) is 0. The van der Waals surface area contributed by atoms with Crippen LogP contribution in [0.1, 0.15) is 36.2 Å². The summed E-state index contributed by atoms with van der Waals surface area (Å²) in [6.45, 7) is 1.88. The molecule has 9 heteroatoms. The molecule has 0 spiro atoms. The SMILES string of the molecule is Cc1nn(CC(F)(F)F)c(C)c1CC(=O)N[C@@H]1CC[C@H](C(=O)O)C1. The van der Waals surface area contributed by atoms with E-state index in [2.05, 4.69) is 10.4 Å². The van der Waals surface area contributed by atoms with Crippen LogP contribution in [0, 0.1) is 19.8 Å². The van der Waals surface area contributed by atoms with Gasteiger partial charge in [0.2, 0.25) is 5.91 Å². The lowest BCUT2D eigenvalue weighted by Gasteiger charge is -2.13. The second-order valence-corrected chi connectivity index (χ2v) is 6.21. The number of carboxylic acid groups (broad SMARTS) is 1. The van der Waals surface area contributed by atoms with Gasteiger partial charge in [-0.2, -0.15) is 18.3 Å². The highest BCUT2D eigenvalue weighted by Gasteiger charge is 2.32. The van der Waals surface area contributed by atoms with Crippen LogP contribution in [0.15, 0.2) is 0 Å². The minimum atomic E-state index is -4.38. The van der Waals surface area contributed by atoms with E-state index in [0.29, 0.717) is 36.2 Å². The molecule has 1 aromatic rings. The van der Waals surface area contributed by atoms with Crippen molar-refractivity contribution in [1.82, 2.24) is 15.1 Å². The van der Waals surface area contributed by atoms with E-state index in [1.807, 2.05) is 0 Å². The summed E-state index contributed by atoms with van der Waals surface area (Å²) >= 11 is 0. The van der Waals surface area contributed by atoms with E-state index >= 15 is 0 Å². The van der Waals surface area contributed by atoms with Crippen LogP contribution in [-0.2, 0) is 22.6 Å². The number of halogens is 3. The zero-order valence-corrected chi connectivity index (χ0v) is 13.5. The molecule has 0 radical (unpaired) electrons. The van der Waals surface area contributed by atoms with Gasteiger partial charge in [-0.05, 0) is 33.1 Å². The average Bonchev–Trinajstić information content (AvgIpc) is 2.98. The van der Waals surface area contributed by atoms with Crippen LogP contribution in [0.2, 0.25) is 0 Å². The van der Waals surface area contributed by atoms with Crippen molar-refractivity contribution in [3.63, 3.8) is 0 Å². The third-order valence-electron chi connectivity index (χ3n) is 4.34.